The molecule has 1 heterocycles. The monoisotopic (exact) mass is 452 g/mol. The second-order valence-corrected chi connectivity index (χ2v) is 8.84. The average molecular weight is 453 g/mol. The van der Waals surface area contributed by atoms with Crippen LogP contribution in [0.25, 0.3) is 0 Å². The van der Waals surface area contributed by atoms with Gasteiger partial charge in [-0.1, -0.05) is 29.8 Å². The van der Waals surface area contributed by atoms with Crippen LogP contribution in [0.3, 0.4) is 0 Å². The highest BCUT2D eigenvalue weighted by Crippen LogP contribution is 2.27. The Bertz CT molecular complexity index is 743. The molecule has 0 bridgehead atoms. The van der Waals surface area contributed by atoms with Gasteiger partial charge in [-0.15, -0.1) is 0 Å². The van der Waals surface area contributed by atoms with Crippen molar-refractivity contribution in [2.75, 3.05) is 46.1 Å². The fourth-order valence-corrected chi connectivity index (χ4v) is 3.79. The number of urea groups is 1. The first-order valence-electron chi connectivity index (χ1n) is 9.39. The van der Waals surface area contributed by atoms with Crippen molar-refractivity contribution in [3.63, 3.8) is 0 Å². The highest BCUT2D eigenvalue weighted by Gasteiger charge is 2.28. The average Bonchev–Trinajstić information content (AvgIpc) is 2.61. The largest absolute Gasteiger partial charge is 0.347 e. The number of carbonyl (C=O) groups is 3. The molecule has 1 aliphatic rings. The fourth-order valence-electron chi connectivity index (χ4n) is 3.43. The number of benzene rings is 1. The third kappa shape index (κ3) is 5.70. The van der Waals surface area contributed by atoms with Crippen LogP contribution >= 0.6 is 15.9 Å². The second kappa shape index (κ2) is 9.41. The molecule has 154 valence electrons. The molecule has 8 heteroatoms. The Balaban J connectivity index is 2.18. The summed E-state index contributed by atoms with van der Waals surface area (Å²) in [6, 6.07) is 4.77. The number of nitrogens with one attached hydrogen (secondary N) is 1. The number of amides is 4. The Morgan fingerprint density at radius 3 is 2.32 bits per heavy atom. The van der Waals surface area contributed by atoms with Crippen molar-refractivity contribution in [2.45, 2.75) is 20.3 Å². The zero-order valence-electron chi connectivity index (χ0n) is 17.2. The summed E-state index contributed by atoms with van der Waals surface area (Å²) in [5.41, 5.74) is 0.879. The molecule has 1 fully saturated rings. The molecule has 1 N–H and O–H groups in total. The molecule has 0 aliphatic carbocycles. The van der Waals surface area contributed by atoms with Gasteiger partial charge in [-0.3, -0.25) is 9.59 Å². The van der Waals surface area contributed by atoms with E-state index < -0.39 is 6.03 Å². The van der Waals surface area contributed by atoms with E-state index in [0.717, 1.165) is 10.9 Å². The van der Waals surface area contributed by atoms with Crippen molar-refractivity contribution in [3.8, 4) is 0 Å². The number of likely N-dealkylation sites (tertiary alicyclic amines) is 1. The van der Waals surface area contributed by atoms with Crippen molar-refractivity contribution < 1.29 is 14.4 Å². The molecular formula is C20H29BrN4O3. The van der Waals surface area contributed by atoms with Gasteiger partial charge in [-0.05, 0) is 36.5 Å². The van der Waals surface area contributed by atoms with E-state index in [1.54, 1.807) is 39.3 Å². The molecule has 1 aliphatic heterocycles. The highest BCUT2D eigenvalue weighted by atomic mass is 79.9. The van der Waals surface area contributed by atoms with Crippen molar-refractivity contribution in [1.29, 1.82) is 0 Å². The lowest BCUT2D eigenvalue weighted by atomic mass is 9.91. The van der Waals surface area contributed by atoms with Gasteiger partial charge in [-0.25, -0.2) is 4.79 Å². The zero-order chi connectivity index (χ0) is 21.0. The quantitative estimate of drug-likeness (QED) is 0.762. The van der Waals surface area contributed by atoms with Gasteiger partial charge in [0.2, 0.25) is 5.91 Å². The topological polar surface area (TPSA) is 73.0 Å². The van der Waals surface area contributed by atoms with Crippen LogP contribution in [0.1, 0.15) is 30.6 Å². The van der Waals surface area contributed by atoms with Crippen LogP contribution < -0.4 is 5.32 Å². The minimum absolute atomic E-state index is 0.0419. The maximum Gasteiger partial charge on any atom is 0.322 e. The number of anilines is 1. The minimum atomic E-state index is -0.438. The van der Waals surface area contributed by atoms with Gasteiger partial charge in [-0.2, -0.15) is 0 Å². The van der Waals surface area contributed by atoms with Crippen LogP contribution in [-0.2, 0) is 4.79 Å². The summed E-state index contributed by atoms with van der Waals surface area (Å²) in [5, 5.41) is 2.77. The van der Waals surface area contributed by atoms with E-state index >= 15 is 0 Å². The normalized spacial score (nSPS) is 19.1. The summed E-state index contributed by atoms with van der Waals surface area (Å²) < 4.78 is 0.767. The van der Waals surface area contributed by atoms with Crippen molar-refractivity contribution in [2.24, 2.45) is 11.8 Å². The third-order valence-electron chi connectivity index (χ3n) is 4.83. The molecule has 4 amide bonds. The molecule has 28 heavy (non-hydrogen) atoms. The maximum atomic E-state index is 13.2. The Morgan fingerprint density at radius 2 is 1.75 bits per heavy atom. The molecule has 0 radical (unpaired) electrons. The van der Waals surface area contributed by atoms with Gasteiger partial charge in [0, 0.05) is 38.7 Å². The van der Waals surface area contributed by atoms with E-state index in [-0.39, 0.29) is 18.4 Å². The molecular weight excluding hydrogens is 424 g/mol. The summed E-state index contributed by atoms with van der Waals surface area (Å²) in [7, 11) is 4.82. The molecule has 1 saturated heterocycles. The van der Waals surface area contributed by atoms with Crippen molar-refractivity contribution >= 4 is 39.5 Å². The SMILES string of the molecule is C[C@@H]1C[C@H](C)CN(C(=O)c2cc(Br)ccc2NC(=O)N(C)CC(=O)N(C)C)C1. The van der Waals surface area contributed by atoms with Crippen LogP contribution in [0.2, 0.25) is 0 Å². The van der Waals surface area contributed by atoms with E-state index in [9.17, 15) is 14.4 Å². The van der Waals surface area contributed by atoms with Crippen molar-refractivity contribution in [1.82, 2.24) is 14.7 Å². The second-order valence-electron chi connectivity index (χ2n) is 7.92. The Kier molecular flexibility index (Phi) is 7.46. The van der Waals surface area contributed by atoms with E-state index in [2.05, 4.69) is 35.1 Å². The molecule has 2 rings (SSSR count). The number of hydrogen-bond donors (Lipinski definition) is 1. The number of carbonyl (C=O) groups excluding carboxylic acids is 3. The number of piperidine rings is 1. The van der Waals surface area contributed by atoms with Crippen molar-refractivity contribution in [3.05, 3.63) is 28.2 Å². The van der Waals surface area contributed by atoms with E-state index in [0.29, 0.717) is 36.2 Å². The lowest BCUT2D eigenvalue weighted by Gasteiger charge is -2.35. The van der Waals surface area contributed by atoms with Gasteiger partial charge in [0.25, 0.3) is 5.91 Å². The van der Waals surface area contributed by atoms with Gasteiger partial charge in [0.05, 0.1) is 11.3 Å². The molecule has 0 saturated carbocycles. The van der Waals surface area contributed by atoms with E-state index in [1.807, 2.05) is 4.90 Å². The molecule has 0 aromatic heterocycles. The van der Waals surface area contributed by atoms with Gasteiger partial charge in [0.1, 0.15) is 6.54 Å². The first-order valence-corrected chi connectivity index (χ1v) is 10.2. The number of halogens is 1. The van der Waals surface area contributed by atoms with Gasteiger partial charge in [0.15, 0.2) is 0 Å². The summed E-state index contributed by atoms with van der Waals surface area (Å²) >= 11 is 3.41. The van der Waals surface area contributed by atoms with Crippen LogP contribution in [0, 0.1) is 11.8 Å². The van der Waals surface area contributed by atoms with Gasteiger partial charge < -0.3 is 20.0 Å². The molecule has 0 unspecified atom stereocenters. The predicted octanol–water partition coefficient (Wildman–Crippen LogP) is 3.12. The maximum absolute atomic E-state index is 13.2. The zero-order valence-corrected chi connectivity index (χ0v) is 18.7. The van der Waals surface area contributed by atoms with Crippen LogP contribution in [0.15, 0.2) is 22.7 Å². The Morgan fingerprint density at radius 1 is 1.14 bits per heavy atom. The number of rotatable bonds is 4. The first kappa shape index (κ1) is 22.2. The highest BCUT2D eigenvalue weighted by molar-refractivity contribution is 9.10. The van der Waals surface area contributed by atoms with E-state index in [1.165, 1.54) is 9.80 Å². The van der Waals surface area contributed by atoms with Gasteiger partial charge >= 0.3 is 6.03 Å². The minimum Gasteiger partial charge on any atom is -0.347 e. The fraction of sp³-hybridized carbons (Fsp3) is 0.550. The van der Waals surface area contributed by atoms with E-state index in [4.69, 9.17) is 0 Å². The lowest BCUT2D eigenvalue weighted by Crippen LogP contribution is -2.43. The lowest BCUT2D eigenvalue weighted by molar-refractivity contribution is -0.129. The molecule has 0 spiro atoms. The summed E-state index contributed by atoms with van der Waals surface area (Å²) in [5.74, 6) is 0.616. The summed E-state index contributed by atoms with van der Waals surface area (Å²) in [4.78, 5) is 42.1. The third-order valence-corrected chi connectivity index (χ3v) is 5.32. The van der Waals surface area contributed by atoms with Crippen LogP contribution in [0.4, 0.5) is 10.5 Å². The smallest absolute Gasteiger partial charge is 0.322 e. The number of hydrogen-bond acceptors (Lipinski definition) is 3. The number of likely N-dealkylation sites (N-methyl/N-ethyl adjacent to an activating group) is 2. The summed E-state index contributed by atoms with van der Waals surface area (Å²) in [6.07, 6.45) is 1.11. The number of nitrogens with zero attached hydrogens (tertiary/aromatic N) is 3. The Labute approximate surface area is 175 Å². The Hall–Kier alpha value is -2.09. The first-order chi connectivity index (χ1) is 13.1. The molecule has 7 nitrogen and oxygen atoms in total. The molecule has 1 aromatic carbocycles. The summed E-state index contributed by atoms with van der Waals surface area (Å²) in [6.45, 7) is 5.67. The van der Waals surface area contributed by atoms with Crippen LogP contribution in [0.5, 0.6) is 0 Å². The predicted molar refractivity (Wildman–Crippen MR) is 113 cm³/mol. The molecule has 2 atom stereocenters. The standard InChI is InChI=1S/C20H29BrN4O3/c1-13-8-14(2)11-25(10-13)19(27)16-9-15(21)6-7-17(16)22-20(28)24(5)12-18(26)23(3)4/h6-7,9,13-14H,8,10-12H2,1-5H3,(H,22,28)/t13-,14+. The van der Waals surface area contributed by atoms with Crippen LogP contribution in [-0.4, -0.2) is 73.3 Å². The molecule has 1 aromatic rings.